The van der Waals surface area contributed by atoms with Crippen molar-refractivity contribution in [1.82, 2.24) is 20.3 Å². The molecule has 1 amide bonds. The maximum Gasteiger partial charge on any atom is 0.369 e. The number of amides is 1. The first-order valence-electron chi connectivity index (χ1n) is 14.3. The Morgan fingerprint density at radius 2 is 1.42 bits per heavy atom. The zero-order valence-electron chi connectivity index (χ0n) is 25.3. The van der Waals surface area contributed by atoms with Crippen LogP contribution in [0.3, 0.4) is 0 Å². The lowest BCUT2D eigenvalue weighted by Crippen LogP contribution is -2.31. The summed E-state index contributed by atoms with van der Waals surface area (Å²) in [5.41, 5.74) is 0.647. The molecule has 0 aliphatic carbocycles. The van der Waals surface area contributed by atoms with Crippen LogP contribution in [0.15, 0.2) is 6.20 Å². The molecule has 1 rings (SSSR count). The first-order valence-corrected chi connectivity index (χ1v) is 17.5. The van der Waals surface area contributed by atoms with E-state index < -0.39 is 44.5 Å². The molecule has 262 valence electrons. The molecular weight excluding hydrogens is 646 g/mol. The summed E-state index contributed by atoms with van der Waals surface area (Å²) in [5.74, 6) is -1.66. The Labute approximate surface area is 260 Å². The number of aliphatic carboxylic acids is 1. The van der Waals surface area contributed by atoms with E-state index in [0.29, 0.717) is 64.7 Å². The highest BCUT2D eigenvalue weighted by atomic mass is 31.2. The summed E-state index contributed by atoms with van der Waals surface area (Å²) < 4.78 is 51.1. The van der Waals surface area contributed by atoms with Crippen molar-refractivity contribution in [3.63, 3.8) is 0 Å². The minimum Gasteiger partial charge on any atom is -0.481 e. The Bertz CT molecular complexity index is 1060. The number of hydrogen-bond acceptors (Lipinski definition) is 12. The third-order valence-electron chi connectivity index (χ3n) is 6.29. The number of carboxylic acids is 1. The maximum absolute atomic E-state index is 11.8. The average Bonchev–Trinajstić information content (AvgIpc) is 3.41. The lowest BCUT2D eigenvalue weighted by Gasteiger charge is -2.29. The number of rotatable bonds is 28. The summed E-state index contributed by atoms with van der Waals surface area (Å²) in [7, 11) is -11.0. The summed E-state index contributed by atoms with van der Waals surface area (Å²) in [6, 6.07) is 0. The molecule has 0 saturated carbocycles. The zero-order valence-corrected chi connectivity index (χ0v) is 27.1. The second kappa shape index (κ2) is 21.8. The van der Waals surface area contributed by atoms with Crippen molar-refractivity contribution in [3.05, 3.63) is 11.9 Å². The number of carbonyl (C=O) groups excluding carboxylic acids is 1. The fourth-order valence-electron chi connectivity index (χ4n) is 3.63. The Morgan fingerprint density at radius 3 is 1.91 bits per heavy atom. The van der Waals surface area contributed by atoms with Crippen molar-refractivity contribution < 1.29 is 72.2 Å². The van der Waals surface area contributed by atoms with Gasteiger partial charge in [-0.2, -0.15) is 0 Å². The van der Waals surface area contributed by atoms with Crippen molar-refractivity contribution in [2.75, 3.05) is 66.0 Å². The molecule has 7 N–H and O–H groups in total. The normalized spacial score (nSPS) is 13.2. The third kappa shape index (κ3) is 17.0. The molecule has 1 heterocycles. The van der Waals surface area contributed by atoms with Crippen LogP contribution in [0.25, 0.3) is 0 Å². The molecule has 19 nitrogen and oxygen atoms in total. The second-order valence-electron chi connectivity index (χ2n) is 9.77. The summed E-state index contributed by atoms with van der Waals surface area (Å²) in [6.07, 6.45) is 1.57. The molecule has 0 bridgehead atoms. The van der Waals surface area contributed by atoms with Gasteiger partial charge in [0, 0.05) is 25.9 Å². The van der Waals surface area contributed by atoms with Gasteiger partial charge in [0.15, 0.2) is 0 Å². The fraction of sp³-hybridized carbons (Fsp3) is 0.833. The van der Waals surface area contributed by atoms with E-state index in [-0.39, 0.29) is 45.8 Å². The van der Waals surface area contributed by atoms with Gasteiger partial charge in [-0.25, -0.2) is 0 Å². The van der Waals surface area contributed by atoms with E-state index in [4.69, 9.17) is 48.4 Å². The SMILES string of the molecule is CCC(CCn1cc(COCCOCCOCCOCCOCCC(=O)NCCCC(O)(P(=O)(O)O)P(=O)(O)O)nn1)C(=O)O. The molecule has 0 fully saturated rings. The van der Waals surface area contributed by atoms with E-state index in [1.807, 2.05) is 6.92 Å². The molecule has 1 aromatic heterocycles. The predicted octanol–water partition coefficient (Wildman–Crippen LogP) is -0.350. The van der Waals surface area contributed by atoms with Crippen LogP contribution in [0.2, 0.25) is 0 Å². The smallest absolute Gasteiger partial charge is 0.369 e. The quantitative estimate of drug-likeness (QED) is 0.0436. The van der Waals surface area contributed by atoms with Gasteiger partial charge in [-0.05, 0) is 19.3 Å². The van der Waals surface area contributed by atoms with E-state index in [1.54, 1.807) is 10.9 Å². The van der Waals surface area contributed by atoms with E-state index in [0.717, 1.165) is 0 Å². The first-order chi connectivity index (χ1) is 21.2. The standard InChI is InChI=1S/C24H46N4O15P2/c1-2-20(23(30)31)4-8-28-18-21(26-27-28)19-43-17-16-42-15-14-41-13-12-40-11-10-39-9-5-22(29)25-7-3-6-24(32,44(33,34)35)45(36,37)38/h18,20,32H,2-17,19H2,1H3,(H,25,29)(H,30,31)(H2,33,34,35)(H2,36,37,38). The molecule has 45 heavy (non-hydrogen) atoms. The van der Waals surface area contributed by atoms with Gasteiger partial charge in [0.25, 0.3) is 5.08 Å². The molecule has 1 unspecified atom stereocenters. The topological polar surface area (TPSA) is 279 Å². The van der Waals surface area contributed by atoms with Gasteiger partial charge in [0.2, 0.25) is 5.91 Å². The van der Waals surface area contributed by atoms with Crippen LogP contribution in [-0.4, -0.2) is 128 Å². The van der Waals surface area contributed by atoms with Crippen LogP contribution in [0.1, 0.15) is 44.7 Å². The lowest BCUT2D eigenvalue weighted by molar-refractivity contribution is -0.142. The monoisotopic (exact) mass is 692 g/mol. The highest BCUT2D eigenvalue weighted by Gasteiger charge is 2.58. The van der Waals surface area contributed by atoms with Crippen LogP contribution in [-0.2, 0) is 55.6 Å². The number of aromatic nitrogens is 3. The van der Waals surface area contributed by atoms with Gasteiger partial charge in [0.1, 0.15) is 5.69 Å². The van der Waals surface area contributed by atoms with E-state index in [2.05, 4.69) is 15.6 Å². The van der Waals surface area contributed by atoms with E-state index >= 15 is 0 Å². The number of nitrogens with one attached hydrogen (secondary N) is 1. The molecule has 0 aromatic carbocycles. The molecule has 1 aromatic rings. The molecule has 0 aliphatic heterocycles. The number of carbonyl (C=O) groups is 2. The van der Waals surface area contributed by atoms with Crippen molar-refractivity contribution >= 4 is 27.1 Å². The summed E-state index contributed by atoms with van der Waals surface area (Å²) >= 11 is 0. The fourth-order valence-corrected chi connectivity index (χ4v) is 5.88. The van der Waals surface area contributed by atoms with Crippen molar-refractivity contribution in [3.8, 4) is 0 Å². The number of nitrogens with zero attached hydrogens (tertiary/aromatic N) is 3. The van der Waals surface area contributed by atoms with Gasteiger partial charge < -0.3 is 58.8 Å². The summed E-state index contributed by atoms with van der Waals surface area (Å²) in [5, 5.41) is 25.8. The van der Waals surface area contributed by atoms with Crippen LogP contribution in [0.4, 0.5) is 0 Å². The van der Waals surface area contributed by atoms with Gasteiger partial charge >= 0.3 is 21.2 Å². The molecular formula is C24H46N4O15P2. The van der Waals surface area contributed by atoms with E-state index in [9.17, 15) is 23.8 Å². The Hall–Kier alpha value is -1.86. The Kier molecular flexibility index (Phi) is 20.0. The largest absolute Gasteiger partial charge is 0.481 e. The highest BCUT2D eigenvalue weighted by Crippen LogP contribution is 2.69. The first kappa shape index (κ1) is 41.2. The van der Waals surface area contributed by atoms with Crippen molar-refractivity contribution in [2.45, 2.75) is 57.3 Å². The van der Waals surface area contributed by atoms with Gasteiger partial charge in [0.05, 0.1) is 78.2 Å². The Morgan fingerprint density at radius 1 is 0.911 bits per heavy atom. The molecule has 1 atom stereocenters. The average molecular weight is 693 g/mol. The van der Waals surface area contributed by atoms with Gasteiger partial charge in [-0.1, -0.05) is 12.1 Å². The highest BCUT2D eigenvalue weighted by molar-refractivity contribution is 7.72. The third-order valence-corrected chi connectivity index (χ3v) is 10.2. The second-order valence-corrected chi connectivity index (χ2v) is 13.8. The molecule has 0 spiro atoms. The number of carboxylic acid groups (broad SMARTS) is 1. The van der Waals surface area contributed by atoms with Crippen LogP contribution in [0, 0.1) is 5.92 Å². The maximum atomic E-state index is 11.8. The number of aryl methyl sites for hydroxylation is 1. The molecule has 0 aliphatic rings. The van der Waals surface area contributed by atoms with Gasteiger partial charge in [-0.3, -0.25) is 23.4 Å². The molecule has 0 radical (unpaired) electrons. The summed E-state index contributed by atoms with van der Waals surface area (Å²) in [6.45, 7) is 5.16. The number of hydrogen-bond donors (Lipinski definition) is 7. The minimum atomic E-state index is -5.52. The van der Waals surface area contributed by atoms with Crippen molar-refractivity contribution in [2.24, 2.45) is 5.92 Å². The molecule has 21 heteroatoms. The van der Waals surface area contributed by atoms with Crippen LogP contribution in [0.5, 0.6) is 0 Å². The van der Waals surface area contributed by atoms with Crippen LogP contribution < -0.4 is 5.32 Å². The minimum absolute atomic E-state index is 0.0212. The lowest BCUT2D eigenvalue weighted by atomic mass is 10.0. The van der Waals surface area contributed by atoms with Gasteiger partial charge in [-0.15, -0.1) is 5.10 Å². The zero-order chi connectivity index (χ0) is 33.8. The molecule has 0 saturated heterocycles. The van der Waals surface area contributed by atoms with E-state index in [1.165, 1.54) is 0 Å². The number of ether oxygens (including phenoxy) is 5. The van der Waals surface area contributed by atoms with Crippen LogP contribution >= 0.6 is 15.2 Å². The van der Waals surface area contributed by atoms with Crippen molar-refractivity contribution in [1.29, 1.82) is 0 Å². The Balaban J connectivity index is 1.92. The summed E-state index contributed by atoms with van der Waals surface area (Å²) in [4.78, 5) is 59.1. The number of aliphatic hydroxyl groups is 1. The predicted molar refractivity (Wildman–Crippen MR) is 155 cm³/mol.